The van der Waals surface area contributed by atoms with Crippen molar-refractivity contribution in [3.8, 4) is 17.1 Å². The minimum absolute atomic E-state index is 0.301. The molecule has 0 fully saturated rings. The van der Waals surface area contributed by atoms with E-state index in [-0.39, 0.29) is 5.91 Å². The van der Waals surface area contributed by atoms with Gasteiger partial charge in [-0.25, -0.2) is 14.5 Å². The smallest absolute Gasteiger partial charge is 0.217 e. The number of aromatic nitrogens is 7. The van der Waals surface area contributed by atoms with Gasteiger partial charge in [-0.2, -0.15) is 10.2 Å². The minimum Gasteiger partial charge on any atom is -0.370 e. The summed E-state index contributed by atoms with van der Waals surface area (Å²) in [5, 5.41) is 8.81. The quantitative estimate of drug-likeness (QED) is 0.560. The molecule has 0 saturated heterocycles. The number of aryl methyl sites for hydroxylation is 3. The Bertz CT molecular complexity index is 1120. The van der Waals surface area contributed by atoms with Crippen molar-refractivity contribution in [1.82, 2.24) is 33.9 Å². The van der Waals surface area contributed by atoms with Gasteiger partial charge in [0, 0.05) is 42.9 Å². The molecule has 4 heterocycles. The molecule has 4 aromatic rings. The second-order valence-electron chi connectivity index (χ2n) is 6.48. The topological polar surface area (TPSA) is 109 Å². The Labute approximate surface area is 155 Å². The number of fused-ring (bicyclic) bond motifs is 1. The maximum atomic E-state index is 10.9. The molecule has 9 nitrogen and oxygen atoms in total. The summed E-state index contributed by atoms with van der Waals surface area (Å²) in [6.45, 7) is 4.59. The van der Waals surface area contributed by atoms with E-state index in [1.807, 2.05) is 41.4 Å². The van der Waals surface area contributed by atoms with Gasteiger partial charge in [0.2, 0.25) is 5.91 Å². The zero-order valence-corrected chi connectivity index (χ0v) is 15.2. The summed E-state index contributed by atoms with van der Waals surface area (Å²) in [5.41, 5.74) is 9.64. The Morgan fingerprint density at radius 1 is 1.22 bits per heavy atom. The van der Waals surface area contributed by atoms with Crippen LogP contribution in [0.15, 0.2) is 37.1 Å². The molecule has 138 valence electrons. The predicted octanol–water partition coefficient (Wildman–Crippen LogP) is 1.66. The number of rotatable bonds is 6. The third kappa shape index (κ3) is 3.19. The van der Waals surface area contributed by atoms with Crippen molar-refractivity contribution < 1.29 is 4.79 Å². The maximum absolute atomic E-state index is 10.9. The largest absolute Gasteiger partial charge is 0.370 e. The summed E-state index contributed by atoms with van der Waals surface area (Å²) < 4.78 is 5.56. The van der Waals surface area contributed by atoms with Gasteiger partial charge in [-0.15, -0.1) is 0 Å². The molecule has 1 amide bonds. The van der Waals surface area contributed by atoms with Crippen molar-refractivity contribution in [1.29, 1.82) is 0 Å². The van der Waals surface area contributed by atoms with E-state index in [1.165, 1.54) is 0 Å². The van der Waals surface area contributed by atoms with Crippen molar-refractivity contribution in [3.63, 3.8) is 0 Å². The van der Waals surface area contributed by atoms with Crippen LogP contribution in [-0.2, 0) is 11.3 Å². The van der Waals surface area contributed by atoms with Crippen LogP contribution in [0.2, 0.25) is 0 Å². The Morgan fingerprint density at radius 2 is 2.07 bits per heavy atom. The minimum atomic E-state index is -0.301. The van der Waals surface area contributed by atoms with Crippen LogP contribution in [0.25, 0.3) is 22.7 Å². The van der Waals surface area contributed by atoms with Crippen molar-refractivity contribution in [3.05, 3.63) is 48.4 Å². The molecule has 0 unspecified atom stereocenters. The number of primary amides is 1. The van der Waals surface area contributed by atoms with Gasteiger partial charge in [0.25, 0.3) is 0 Å². The first-order valence-electron chi connectivity index (χ1n) is 8.70. The molecular formula is C18H20N8O. The van der Waals surface area contributed by atoms with E-state index in [9.17, 15) is 4.79 Å². The van der Waals surface area contributed by atoms with Gasteiger partial charge < -0.3 is 5.73 Å². The molecular weight excluding hydrogens is 344 g/mol. The highest BCUT2D eigenvalue weighted by Gasteiger charge is 2.16. The van der Waals surface area contributed by atoms with Crippen LogP contribution in [0.4, 0.5) is 0 Å². The molecule has 0 atom stereocenters. The van der Waals surface area contributed by atoms with Crippen LogP contribution < -0.4 is 5.73 Å². The lowest BCUT2D eigenvalue weighted by Gasteiger charge is -2.05. The first-order valence-corrected chi connectivity index (χ1v) is 8.70. The molecule has 0 aromatic carbocycles. The third-order valence-electron chi connectivity index (χ3n) is 4.37. The Balaban J connectivity index is 1.68. The van der Waals surface area contributed by atoms with Gasteiger partial charge in [0.05, 0.1) is 23.6 Å². The van der Waals surface area contributed by atoms with E-state index in [4.69, 9.17) is 5.73 Å². The fraction of sp³-hybridized carbons (Fsp3) is 0.278. The zero-order chi connectivity index (χ0) is 19.0. The average molecular weight is 364 g/mol. The summed E-state index contributed by atoms with van der Waals surface area (Å²) in [7, 11) is 0. The first-order chi connectivity index (χ1) is 13.0. The van der Waals surface area contributed by atoms with Crippen molar-refractivity contribution in [2.45, 2.75) is 33.2 Å². The highest BCUT2D eigenvalue weighted by molar-refractivity contribution is 5.74. The van der Waals surface area contributed by atoms with Gasteiger partial charge in [0.15, 0.2) is 5.65 Å². The summed E-state index contributed by atoms with van der Waals surface area (Å²) in [4.78, 5) is 20.0. The lowest BCUT2D eigenvalue weighted by Crippen LogP contribution is -2.11. The van der Waals surface area contributed by atoms with Crippen molar-refractivity contribution >= 4 is 11.6 Å². The molecule has 0 aliphatic rings. The van der Waals surface area contributed by atoms with Crippen LogP contribution >= 0.6 is 0 Å². The highest BCUT2D eigenvalue weighted by atomic mass is 16.1. The van der Waals surface area contributed by atoms with Gasteiger partial charge in [-0.3, -0.25) is 14.0 Å². The van der Waals surface area contributed by atoms with Gasteiger partial charge >= 0.3 is 0 Å². The van der Waals surface area contributed by atoms with Crippen LogP contribution in [-0.4, -0.2) is 39.8 Å². The molecule has 0 aliphatic carbocycles. The van der Waals surface area contributed by atoms with Gasteiger partial charge in [-0.05, 0) is 26.3 Å². The van der Waals surface area contributed by atoms with Crippen LogP contribution in [0.1, 0.15) is 24.2 Å². The molecule has 4 aromatic heterocycles. The summed E-state index contributed by atoms with van der Waals surface area (Å²) in [5.74, 6) is 0.449. The van der Waals surface area contributed by atoms with Crippen molar-refractivity contribution in [2.24, 2.45) is 5.73 Å². The average Bonchev–Trinajstić information content (AvgIpc) is 3.31. The van der Waals surface area contributed by atoms with E-state index in [0.29, 0.717) is 19.4 Å². The van der Waals surface area contributed by atoms with E-state index in [2.05, 4.69) is 20.2 Å². The third-order valence-corrected chi connectivity index (χ3v) is 4.37. The number of hydrogen-bond acceptors (Lipinski definition) is 5. The number of carbonyl (C=O) groups is 1. The molecule has 0 saturated carbocycles. The SMILES string of the molecule is Cc1cc(C)n2ncc(-c3nccn3-c3cnn(CCCC(N)=O)c3)c2n1. The normalized spacial score (nSPS) is 11.3. The zero-order valence-electron chi connectivity index (χ0n) is 15.2. The number of hydrogen-bond donors (Lipinski definition) is 1. The number of imidazole rings is 1. The van der Waals surface area contributed by atoms with Gasteiger partial charge in [-0.1, -0.05) is 0 Å². The molecule has 27 heavy (non-hydrogen) atoms. The number of nitrogens with two attached hydrogens (primary N) is 1. The second kappa shape index (κ2) is 6.67. The Kier molecular flexibility index (Phi) is 4.19. The van der Waals surface area contributed by atoms with E-state index >= 15 is 0 Å². The Morgan fingerprint density at radius 3 is 2.89 bits per heavy atom. The Hall–Kier alpha value is -3.49. The first kappa shape index (κ1) is 17.0. The van der Waals surface area contributed by atoms with E-state index < -0.39 is 0 Å². The molecule has 2 N–H and O–H groups in total. The maximum Gasteiger partial charge on any atom is 0.217 e. The fourth-order valence-electron chi connectivity index (χ4n) is 3.15. The number of amides is 1. The van der Waals surface area contributed by atoms with Crippen LogP contribution in [0.5, 0.6) is 0 Å². The molecule has 0 radical (unpaired) electrons. The molecule has 0 bridgehead atoms. The number of nitrogens with zero attached hydrogens (tertiary/aromatic N) is 7. The highest BCUT2D eigenvalue weighted by Crippen LogP contribution is 2.25. The number of carbonyl (C=O) groups excluding carboxylic acids is 1. The standard InChI is InChI=1S/C18H20N8O/c1-12-8-13(2)26-18(23-12)15(10-22-26)17-20-5-7-25(17)14-9-21-24(11-14)6-3-4-16(19)27/h5,7-11H,3-4,6H2,1-2H3,(H2,19,27). The van der Waals surface area contributed by atoms with E-state index in [1.54, 1.807) is 23.3 Å². The second-order valence-corrected chi connectivity index (χ2v) is 6.48. The van der Waals surface area contributed by atoms with Crippen LogP contribution in [0.3, 0.4) is 0 Å². The molecule has 4 rings (SSSR count). The monoisotopic (exact) mass is 364 g/mol. The summed E-state index contributed by atoms with van der Waals surface area (Å²) in [6.07, 6.45) is 10.1. The summed E-state index contributed by atoms with van der Waals surface area (Å²) >= 11 is 0. The summed E-state index contributed by atoms with van der Waals surface area (Å²) in [6, 6.07) is 1.99. The van der Waals surface area contributed by atoms with E-state index in [0.717, 1.165) is 34.1 Å². The molecule has 9 heteroatoms. The molecule has 0 aliphatic heterocycles. The predicted molar refractivity (Wildman–Crippen MR) is 99.2 cm³/mol. The lowest BCUT2D eigenvalue weighted by atomic mass is 10.3. The van der Waals surface area contributed by atoms with Crippen LogP contribution in [0, 0.1) is 13.8 Å². The van der Waals surface area contributed by atoms with Crippen molar-refractivity contribution in [2.75, 3.05) is 0 Å². The lowest BCUT2D eigenvalue weighted by molar-refractivity contribution is -0.118. The molecule has 0 spiro atoms. The van der Waals surface area contributed by atoms with Gasteiger partial charge in [0.1, 0.15) is 5.82 Å². The fourth-order valence-corrected chi connectivity index (χ4v) is 3.15.